The number of benzene rings is 3. The fourth-order valence-electron chi connectivity index (χ4n) is 3.47. The standard InChI is InChI=1S/C28H25BrN2O7/c1-34-22-13-18(12-19(15-30)27(32)31-16-17-8-6-5-7-9-17)10-11-21(22)38-28(33)20-14-23(35-2)25(36-3)26(37-4)24(20)29/h5-14H,16H2,1-4H3,(H,31,32)/b19-12+. The predicted octanol–water partition coefficient (Wildman–Crippen LogP) is 4.93. The van der Waals surface area contributed by atoms with Crippen molar-refractivity contribution in [1.29, 1.82) is 5.26 Å². The second-order valence-electron chi connectivity index (χ2n) is 7.64. The molecule has 0 unspecified atom stereocenters. The van der Waals surface area contributed by atoms with E-state index in [1.807, 2.05) is 36.4 Å². The summed E-state index contributed by atoms with van der Waals surface area (Å²) in [4.78, 5) is 25.6. The molecule has 10 heteroatoms. The predicted molar refractivity (Wildman–Crippen MR) is 144 cm³/mol. The minimum absolute atomic E-state index is 0.0888. The van der Waals surface area contributed by atoms with E-state index in [0.717, 1.165) is 5.56 Å². The number of carbonyl (C=O) groups is 2. The monoisotopic (exact) mass is 580 g/mol. The number of hydrogen-bond donors (Lipinski definition) is 1. The van der Waals surface area contributed by atoms with Crippen LogP contribution in [0.4, 0.5) is 0 Å². The Kier molecular flexibility index (Phi) is 9.73. The number of esters is 1. The highest BCUT2D eigenvalue weighted by Gasteiger charge is 2.25. The summed E-state index contributed by atoms with van der Waals surface area (Å²) < 4.78 is 27.3. The molecule has 0 aliphatic carbocycles. The van der Waals surface area contributed by atoms with Crippen molar-refractivity contribution < 1.29 is 33.3 Å². The first kappa shape index (κ1) is 28.1. The van der Waals surface area contributed by atoms with Crippen molar-refractivity contribution in [1.82, 2.24) is 5.32 Å². The van der Waals surface area contributed by atoms with E-state index in [0.29, 0.717) is 15.8 Å². The minimum atomic E-state index is -0.712. The molecule has 38 heavy (non-hydrogen) atoms. The van der Waals surface area contributed by atoms with Crippen LogP contribution in [0.1, 0.15) is 21.5 Å². The molecule has 196 valence electrons. The topological polar surface area (TPSA) is 116 Å². The number of ether oxygens (including phenoxy) is 5. The molecule has 0 aliphatic rings. The van der Waals surface area contributed by atoms with Crippen LogP contribution in [0.25, 0.3) is 6.08 Å². The molecular formula is C28H25BrN2O7. The van der Waals surface area contributed by atoms with Crippen molar-refractivity contribution in [3.8, 4) is 34.8 Å². The minimum Gasteiger partial charge on any atom is -0.493 e. The van der Waals surface area contributed by atoms with Gasteiger partial charge in [-0.2, -0.15) is 5.26 Å². The van der Waals surface area contributed by atoms with Crippen molar-refractivity contribution in [3.63, 3.8) is 0 Å². The van der Waals surface area contributed by atoms with E-state index in [9.17, 15) is 14.9 Å². The van der Waals surface area contributed by atoms with Gasteiger partial charge in [-0.05, 0) is 51.3 Å². The summed E-state index contributed by atoms with van der Waals surface area (Å²) in [5.74, 6) is -0.0237. The average molecular weight is 581 g/mol. The van der Waals surface area contributed by atoms with Gasteiger partial charge in [0.15, 0.2) is 23.0 Å². The van der Waals surface area contributed by atoms with Gasteiger partial charge in [0.25, 0.3) is 5.91 Å². The molecule has 0 saturated heterocycles. The fraction of sp³-hybridized carbons (Fsp3) is 0.179. The summed E-state index contributed by atoms with van der Waals surface area (Å²) in [6, 6.07) is 17.4. The van der Waals surface area contributed by atoms with Gasteiger partial charge in [-0.1, -0.05) is 36.4 Å². The largest absolute Gasteiger partial charge is 0.493 e. The molecule has 0 atom stereocenters. The van der Waals surface area contributed by atoms with Gasteiger partial charge < -0.3 is 29.0 Å². The van der Waals surface area contributed by atoms with E-state index in [2.05, 4.69) is 21.2 Å². The molecule has 0 saturated carbocycles. The van der Waals surface area contributed by atoms with Crippen LogP contribution in [-0.4, -0.2) is 40.3 Å². The number of carbonyl (C=O) groups excluding carboxylic acids is 2. The molecule has 9 nitrogen and oxygen atoms in total. The first-order chi connectivity index (χ1) is 18.4. The lowest BCUT2D eigenvalue weighted by Gasteiger charge is -2.16. The van der Waals surface area contributed by atoms with Gasteiger partial charge in [0.2, 0.25) is 5.75 Å². The number of hydrogen-bond acceptors (Lipinski definition) is 8. The molecule has 0 bridgehead atoms. The number of rotatable bonds is 10. The Morgan fingerprint density at radius 3 is 2.18 bits per heavy atom. The summed E-state index contributed by atoms with van der Waals surface area (Å²) in [6.07, 6.45) is 1.42. The molecule has 0 fully saturated rings. The zero-order valence-corrected chi connectivity index (χ0v) is 22.7. The van der Waals surface area contributed by atoms with E-state index in [1.54, 1.807) is 12.1 Å². The molecule has 0 spiro atoms. The van der Waals surface area contributed by atoms with Gasteiger partial charge >= 0.3 is 5.97 Å². The first-order valence-corrected chi connectivity index (χ1v) is 12.0. The smallest absolute Gasteiger partial charge is 0.345 e. The lowest BCUT2D eigenvalue weighted by Crippen LogP contribution is -2.23. The highest BCUT2D eigenvalue weighted by Crippen LogP contribution is 2.45. The van der Waals surface area contributed by atoms with E-state index >= 15 is 0 Å². The molecule has 0 heterocycles. The third-order valence-corrected chi connectivity index (χ3v) is 6.14. The van der Waals surface area contributed by atoms with Gasteiger partial charge in [-0.15, -0.1) is 0 Å². The second-order valence-corrected chi connectivity index (χ2v) is 8.44. The lowest BCUT2D eigenvalue weighted by molar-refractivity contribution is -0.117. The number of methoxy groups -OCH3 is 4. The molecule has 0 aliphatic heterocycles. The van der Waals surface area contributed by atoms with Gasteiger partial charge in [0.1, 0.15) is 11.6 Å². The third kappa shape index (κ3) is 6.44. The summed E-state index contributed by atoms with van der Waals surface area (Å²) >= 11 is 3.36. The zero-order valence-electron chi connectivity index (χ0n) is 21.2. The number of halogens is 1. The fourth-order valence-corrected chi connectivity index (χ4v) is 4.09. The van der Waals surface area contributed by atoms with Crippen LogP contribution in [0.3, 0.4) is 0 Å². The van der Waals surface area contributed by atoms with E-state index < -0.39 is 11.9 Å². The van der Waals surface area contributed by atoms with Crippen LogP contribution in [0, 0.1) is 11.3 Å². The maximum Gasteiger partial charge on any atom is 0.345 e. The lowest BCUT2D eigenvalue weighted by atomic mass is 10.1. The Morgan fingerprint density at radius 1 is 0.895 bits per heavy atom. The van der Waals surface area contributed by atoms with E-state index in [-0.39, 0.29) is 40.7 Å². The summed E-state index contributed by atoms with van der Waals surface area (Å²) in [5.41, 5.74) is 1.45. The molecule has 3 aromatic rings. The average Bonchev–Trinajstić information content (AvgIpc) is 2.95. The quantitative estimate of drug-likeness (QED) is 0.155. The van der Waals surface area contributed by atoms with Crippen LogP contribution >= 0.6 is 15.9 Å². The Bertz CT molecular complexity index is 1400. The van der Waals surface area contributed by atoms with Crippen LogP contribution in [0.2, 0.25) is 0 Å². The number of nitrogens with one attached hydrogen (secondary N) is 1. The Hall–Kier alpha value is -4.49. The Balaban J connectivity index is 1.83. The van der Waals surface area contributed by atoms with E-state index in [4.69, 9.17) is 23.7 Å². The number of amides is 1. The van der Waals surface area contributed by atoms with Crippen molar-refractivity contribution in [2.75, 3.05) is 28.4 Å². The van der Waals surface area contributed by atoms with Crippen LogP contribution in [0.5, 0.6) is 28.7 Å². The summed E-state index contributed by atoms with van der Waals surface area (Å²) in [7, 11) is 5.74. The summed E-state index contributed by atoms with van der Waals surface area (Å²) in [6.45, 7) is 0.285. The van der Waals surface area contributed by atoms with Crippen LogP contribution in [-0.2, 0) is 11.3 Å². The first-order valence-electron chi connectivity index (χ1n) is 11.2. The Morgan fingerprint density at radius 2 is 1.58 bits per heavy atom. The van der Waals surface area contributed by atoms with Crippen molar-refractivity contribution in [2.24, 2.45) is 0 Å². The van der Waals surface area contributed by atoms with E-state index in [1.165, 1.54) is 46.6 Å². The molecule has 3 rings (SSSR count). The number of nitrogens with zero attached hydrogens (tertiary/aromatic N) is 1. The summed E-state index contributed by atoms with van der Waals surface area (Å²) in [5, 5.41) is 12.2. The van der Waals surface area contributed by atoms with Crippen LogP contribution in [0.15, 0.2) is 64.6 Å². The normalized spacial score (nSPS) is 10.7. The maximum absolute atomic E-state index is 13.1. The highest BCUT2D eigenvalue weighted by molar-refractivity contribution is 9.10. The van der Waals surface area contributed by atoms with Crippen molar-refractivity contribution in [2.45, 2.75) is 6.54 Å². The van der Waals surface area contributed by atoms with Crippen molar-refractivity contribution in [3.05, 3.63) is 81.3 Å². The second kappa shape index (κ2) is 13.2. The van der Waals surface area contributed by atoms with Gasteiger partial charge in [0.05, 0.1) is 38.5 Å². The molecule has 1 amide bonds. The zero-order chi connectivity index (χ0) is 27.7. The van der Waals surface area contributed by atoms with Crippen LogP contribution < -0.4 is 29.0 Å². The third-order valence-electron chi connectivity index (χ3n) is 5.35. The van der Waals surface area contributed by atoms with Crippen molar-refractivity contribution >= 4 is 33.9 Å². The number of nitriles is 1. The molecule has 0 radical (unpaired) electrons. The molecule has 1 N–H and O–H groups in total. The maximum atomic E-state index is 13.1. The Labute approximate surface area is 228 Å². The van der Waals surface area contributed by atoms with Gasteiger partial charge in [0, 0.05) is 6.54 Å². The van der Waals surface area contributed by atoms with Gasteiger partial charge in [-0.25, -0.2) is 4.79 Å². The molecular weight excluding hydrogens is 556 g/mol. The molecule has 0 aromatic heterocycles. The SMILES string of the molecule is COc1cc(/C=C(\C#N)C(=O)NCc2ccccc2)ccc1OC(=O)c1cc(OC)c(OC)c(OC)c1Br. The molecule has 3 aromatic carbocycles. The van der Waals surface area contributed by atoms with Gasteiger partial charge in [-0.3, -0.25) is 4.79 Å². The highest BCUT2D eigenvalue weighted by atomic mass is 79.9.